The van der Waals surface area contributed by atoms with Gasteiger partial charge in [0.15, 0.2) is 10.8 Å². The molecule has 0 bridgehead atoms. The van der Waals surface area contributed by atoms with E-state index in [1.165, 1.54) is 16.9 Å². The first-order valence-corrected chi connectivity index (χ1v) is 7.50. The second-order valence-corrected chi connectivity index (χ2v) is 5.15. The summed E-state index contributed by atoms with van der Waals surface area (Å²) in [6.45, 7) is 7.06. The fourth-order valence-corrected chi connectivity index (χ4v) is 2.72. The van der Waals surface area contributed by atoms with Gasteiger partial charge in [0.2, 0.25) is 0 Å². The lowest BCUT2D eigenvalue weighted by molar-refractivity contribution is 0.0520. The van der Waals surface area contributed by atoms with Gasteiger partial charge >= 0.3 is 5.97 Å². The molecule has 0 amide bonds. The smallest absolute Gasteiger partial charge is 0.357 e. The standard InChI is InChI=1S/C15H18N2O2S/c1-4-17(12-8-6-11(3)7-9-12)15-16-13(10-20-15)14(18)19-5-2/h6-10H,4-5H2,1-3H3. The number of aromatic nitrogens is 1. The zero-order chi connectivity index (χ0) is 14.5. The lowest BCUT2D eigenvalue weighted by atomic mass is 10.2. The maximum atomic E-state index is 11.7. The molecule has 5 heteroatoms. The minimum atomic E-state index is -0.366. The quantitative estimate of drug-likeness (QED) is 0.786. The summed E-state index contributed by atoms with van der Waals surface area (Å²) in [5.41, 5.74) is 2.66. The van der Waals surface area contributed by atoms with E-state index < -0.39 is 0 Å². The van der Waals surface area contributed by atoms with E-state index in [0.717, 1.165) is 17.4 Å². The minimum absolute atomic E-state index is 0.362. The molecule has 0 unspecified atom stereocenters. The molecule has 20 heavy (non-hydrogen) atoms. The molecule has 0 saturated heterocycles. The van der Waals surface area contributed by atoms with Crippen LogP contribution in [0.2, 0.25) is 0 Å². The molecule has 0 aliphatic carbocycles. The van der Waals surface area contributed by atoms with Crippen LogP contribution in [0, 0.1) is 6.92 Å². The third-order valence-corrected chi connectivity index (χ3v) is 3.73. The summed E-state index contributed by atoms with van der Waals surface area (Å²) < 4.78 is 4.96. The normalized spacial score (nSPS) is 10.3. The molecule has 1 heterocycles. The number of nitrogens with zero attached hydrogens (tertiary/aromatic N) is 2. The first kappa shape index (κ1) is 14.5. The van der Waals surface area contributed by atoms with Crippen molar-refractivity contribution in [3.8, 4) is 0 Å². The van der Waals surface area contributed by atoms with Crippen molar-refractivity contribution in [1.82, 2.24) is 4.98 Å². The number of carbonyl (C=O) groups is 1. The molecule has 2 aromatic rings. The Morgan fingerprint density at radius 3 is 2.60 bits per heavy atom. The molecule has 0 spiro atoms. The van der Waals surface area contributed by atoms with Crippen LogP contribution in [0.5, 0.6) is 0 Å². The molecular weight excluding hydrogens is 272 g/mol. The van der Waals surface area contributed by atoms with Crippen LogP contribution in [0.1, 0.15) is 29.9 Å². The van der Waals surface area contributed by atoms with E-state index in [1.807, 2.05) is 0 Å². The molecule has 1 aromatic carbocycles. The molecule has 0 atom stereocenters. The number of aryl methyl sites for hydroxylation is 1. The number of anilines is 2. The van der Waals surface area contributed by atoms with Crippen LogP contribution in [-0.2, 0) is 4.74 Å². The molecule has 106 valence electrons. The summed E-state index contributed by atoms with van der Waals surface area (Å²) in [5, 5.41) is 2.55. The Bertz CT molecular complexity index is 578. The minimum Gasteiger partial charge on any atom is -0.461 e. The lowest BCUT2D eigenvalue weighted by Gasteiger charge is -2.19. The largest absolute Gasteiger partial charge is 0.461 e. The van der Waals surface area contributed by atoms with Gasteiger partial charge < -0.3 is 9.64 Å². The molecular formula is C15H18N2O2S. The van der Waals surface area contributed by atoms with E-state index in [9.17, 15) is 4.79 Å². The van der Waals surface area contributed by atoms with Gasteiger partial charge in [-0.25, -0.2) is 9.78 Å². The number of ether oxygens (including phenoxy) is 1. The zero-order valence-electron chi connectivity index (χ0n) is 11.9. The van der Waals surface area contributed by atoms with Gasteiger partial charge in [0.05, 0.1) is 6.61 Å². The van der Waals surface area contributed by atoms with E-state index in [1.54, 1.807) is 12.3 Å². The van der Waals surface area contributed by atoms with Gasteiger partial charge in [0, 0.05) is 17.6 Å². The number of hydrogen-bond donors (Lipinski definition) is 0. The Morgan fingerprint density at radius 2 is 2.00 bits per heavy atom. The van der Waals surface area contributed by atoms with Crippen molar-refractivity contribution in [3.63, 3.8) is 0 Å². The first-order valence-electron chi connectivity index (χ1n) is 6.62. The monoisotopic (exact) mass is 290 g/mol. The lowest BCUT2D eigenvalue weighted by Crippen LogP contribution is -2.16. The van der Waals surface area contributed by atoms with E-state index >= 15 is 0 Å². The van der Waals surface area contributed by atoms with Crippen molar-refractivity contribution in [2.75, 3.05) is 18.1 Å². The molecule has 4 nitrogen and oxygen atoms in total. The molecule has 0 aliphatic heterocycles. The number of benzene rings is 1. The first-order chi connectivity index (χ1) is 9.65. The second-order valence-electron chi connectivity index (χ2n) is 4.32. The Hall–Kier alpha value is -1.88. The molecule has 0 fully saturated rings. The van der Waals surface area contributed by atoms with Crippen molar-refractivity contribution in [2.24, 2.45) is 0 Å². The van der Waals surface area contributed by atoms with Gasteiger partial charge in [-0.15, -0.1) is 11.3 Å². The van der Waals surface area contributed by atoms with Crippen molar-refractivity contribution >= 4 is 28.1 Å². The van der Waals surface area contributed by atoms with Crippen LogP contribution in [0.15, 0.2) is 29.6 Å². The van der Waals surface area contributed by atoms with Crippen molar-refractivity contribution in [1.29, 1.82) is 0 Å². The SMILES string of the molecule is CCOC(=O)c1csc(N(CC)c2ccc(C)cc2)n1. The summed E-state index contributed by atoms with van der Waals surface area (Å²) in [7, 11) is 0. The van der Waals surface area contributed by atoms with Crippen LogP contribution < -0.4 is 4.90 Å². The number of carbonyl (C=O) groups excluding carboxylic acids is 1. The number of esters is 1. The number of rotatable bonds is 5. The van der Waals surface area contributed by atoms with Crippen LogP contribution in [0.3, 0.4) is 0 Å². The summed E-state index contributed by atoms with van der Waals surface area (Å²) in [4.78, 5) is 18.1. The summed E-state index contributed by atoms with van der Waals surface area (Å²) in [5.74, 6) is -0.366. The maximum Gasteiger partial charge on any atom is 0.357 e. The van der Waals surface area contributed by atoms with Crippen LogP contribution >= 0.6 is 11.3 Å². The van der Waals surface area contributed by atoms with E-state index in [4.69, 9.17) is 4.74 Å². The third-order valence-electron chi connectivity index (χ3n) is 2.87. The second kappa shape index (κ2) is 6.52. The molecule has 1 aromatic heterocycles. The average Bonchev–Trinajstić information content (AvgIpc) is 2.92. The van der Waals surface area contributed by atoms with Gasteiger partial charge in [0.1, 0.15) is 0 Å². The summed E-state index contributed by atoms with van der Waals surface area (Å²) in [6.07, 6.45) is 0. The van der Waals surface area contributed by atoms with Gasteiger partial charge in [-0.05, 0) is 32.9 Å². The summed E-state index contributed by atoms with van der Waals surface area (Å²) in [6, 6.07) is 8.25. The van der Waals surface area contributed by atoms with Crippen LogP contribution in [0.25, 0.3) is 0 Å². The highest BCUT2D eigenvalue weighted by atomic mass is 32.1. The predicted molar refractivity (Wildman–Crippen MR) is 81.9 cm³/mol. The predicted octanol–water partition coefficient (Wildman–Crippen LogP) is 3.79. The Labute approximate surface area is 123 Å². The van der Waals surface area contributed by atoms with Crippen LogP contribution in [0.4, 0.5) is 10.8 Å². The van der Waals surface area contributed by atoms with Crippen molar-refractivity contribution in [3.05, 3.63) is 40.9 Å². The van der Waals surface area contributed by atoms with Gasteiger partial charge in [0.25, 0.3) is 0 Å². The van der Waals surface area contributed by atoms with Gasteiger partial charge in [-0.3, -0.25) is 0 Å². The fraction of sp³-hybridized carbons (Fsp3) is 0.333. The summed E-state index contributed by atoms with van der Waals surface area (Å²) >= 11 is 1.45. The van der Waals surface area contributed by atoms with Crippen molar-refractivity contribution in [2.45, 2.75) is 20.8 Å². The molecule has 0 radical (unpaired) electrons. The van der Waals surface area contributed by atoms with E-state index in [-0.39, 0.29) is 5.97 Å². The highest BCUT2D eigenvalue weighted by Crippen LogP contribution is 2.28. The topological polar surface area (TPSA) is 42.4 Å². The third kappa shape index (κ3) is 3.17. The fourth-order valence-electron chi connectivity index (χ4n) is 1.84. The van der Waals surface area contributed by atoms with E-state index in [0.29, 0.717) is 12.3 Å². The Morgan fingerprint density at radius 1 is 1.30 bits per heavy atom. The van der Waals surface area contributed by atoms with Gasteiger partial charge in [-0.2, -0.15) is 0 Å². The molecule has 0 N–H and O–H groups in total. The number of thiazole rings is 1. The highest BCUT2D eigenvalue weighted by molar-refractivity contribution is 7.14. The molecule has 0 saturated carbocycles. The number of hydrogen-bond acceptors (Lipinski definition) is 5. The Kier molecular flexibility index (Phi) is 4.74. The van der Waals surface area contributed by atoms with Crippen molar-refractivity contribution < 1.29 is 9.53 Å². The Balaban J connectivity index is 2.24. The zero-order valence-corrected chi connectivity index (χ0v) is 12.7. The van der Waals surface area contributed by atoms with Crippen LogP contribution in [-0.4, -0.2) is 24.1 Å². The molecule has 0 aliphatic rings. The van der Waals surface area contributed by atoms with E-state index in [2.05, 4.69) is 48.0 Å². The highest BCUT2D eigenvalue weighted by Gasteiger charge is 2.16. The van der Waals surface area contributed by atoms with Gasteiger partial charge in [-0.1, -0.05) is 17.7 Å². The maximum absolute atomic E-state index is 11.7. The molecule has 2 rings (SSSR count). The average molecular weight is 290 g/mol.